The summed E-state index contributed by atoms with van der Waals surface area (Å²) in [5.74, 6) is -0.157. The third-order valence-corrected chi connectivity index (χ3v) is 2.48. The fourth-order valence-electron chi connectivity index (χ4n) is 0.867. The van der Waals surface area contributed by atoms with Gasteiger partial charge in [-0.05, 0) is 40.0 Å². The Morgan fingerprint density at radius 1 is 1.36 bits per heavy atom. The first-order chi connectivity index (χ1) is 5.15. The summed E-state index contributed by atoms with van der Waals surface area (Å²) in [4.78, 5) is 0. The van der Waals surface area contributed by atoms with Crippen LogP contribution in [-0.2, 0) is 6.42 Å². The lowest BCUT2D eigenvalue weighted by Crippen LogP contribution is -1.88. The Bertz CT molecular complexity index is 271. The van der Waals surface area contributed by atoms with Crippen molar-refractivity contribution in [3.05, 3.63) is 32.5 Å². The summed E-state index contributed by atoms with van der Waals surface area (Å²) in [5, 5.41) is 0. The van der Waals surface area contributed by atoms with E-state index in [0.717, 1.165) is 10.0 Å². The van der Waals surface area contributed by atoms with Crippen molar-refractivity contribution in [2.75, 3.05) is 0 Å². The molecule has 0 bridgehead atoms. The Kier molecular flexibility index (Phi) is 3.07. The second-order valence-electron chi connectivity index (χ2n) is 2.21. The minimum Gasteiger partial charge on any atom is -0.205 e. The van der Waals surface area contributed by atoms with Crippen molar-refractivity contribution in [3.63, 3.8) is 0 Å². The van der Waals surface area contributed by atoms with Gasteiger partial charge in [0.25, 0.3) is 0 Å². The molecule has 0 atom stereocenters. The number of rotatable bonds is 1. The molecule has 0 heterocycles. The topological polar surface area (TPSA) is 0 Å². The van der Waals surface area contributed by atoms with E-state index < -0.39 is 0 Å². The number of aryl methyl sites for hydroxylation is 1. The first-order valence-corrected chi connectivity index (χ1v) is 4.87. The van der Waals surface area contributed by atoms with Crippen molar-refractivity contribution in [2.45, 2.75) is 13.3 Å². The highest BCUT2D eigenvalue weighted by Gasteiger charge is 2.05. The lowest BCUT2D eigenvalue weighted by Gasteiger charge is -2.02. The minimum atomic E-state index is -0.157. The van der Waals surface area contributed by atoms with Crippen molar-refractivity contribution in [3.8, 4) is 0 Å². The van der Waals surface area contributed by atoms with Crippen LogP contribution in [0.1, 0.15) is 12.5 Å². The van der Waals surface area contributed by atoms with Crippen LogP contribution in [0.4, 0.5) is 4.39 Å². The molecule has 0 saturated carbocycles. The summed E-state index contributed by atoms with van der Waals surface area (Å²) in [6.07, 6.45) is 0.712. The van der Waals surface area contributed by atoms with Gasteiger partial charge in [-0.3, -0.25) is 0 Å². The number of hydrogen-bond acceptors (Lipinski definition) is 0. The predicted molar refractivity (Wildman–Crippen MR) is 51.2 cm³/mol. The van der Waals surface area contributed by atoms with E-state index in [-0.39, 0.29) is 5.82 Å². The zero-order chi connectivity index (χ0) is 8.43. The number of benzene rings is 1. The van der Waals surface area contributed by atoms with Gasteiger partial charge in [-0.2, -0.15) is 0 Å². The van der Waals surface area contributed by atoms with Crippen molar-refractivity contribution in [2.24, 2.45) is 0 Å². The molecule has 0 amide bonds. The second-order valence-corrected chi connectivity index (χ2v) is 3.98. The molecule has 0 aliphatic carbocycles. The van der Waals surface area contributed by atoms with E-state index in [0.29, 0.717) is 10.9 Å². The molecule has 0 N–H and O–H groups in total. The van der Waals surface area contributed by atoms with E-state index in [2.05, 4.69) is 31.9 Å². The maximum absolute atomic E-state index is 13.1. The van der Waals surface area contributed by atoms with Gasteiger partial charge >= 0.3 is 0 Å². The van der Waals surface area contributed by atoms with E-state index in [1.807, 2.05) is 6.92 Å². The van der Waals surface area contributed by atoms with Crippen LogP contribution in [0, 0.1) is 5.82 Å². The average Bonchev–Trinajstić information content (AvgIpc) is 1.96. The fourth-order valence-corrected chi connectivity index (χ4v) is 2.18. The molecule has 0 fully saturated rings. The van der Waals surface area contributed by atoms with E-state index >= 15 is 0 Å². The standard InChI is InChI=1S/C8H7Br2F/c1-2-5-3-6(9)4-7(10)8(5)11/h3-4H,2H2,1H3. The maximum Gasteiger partial charge on any atom is 0.140 e. The first-order valence-electron chi connectivity index (χ1n) is 3.28. The van der Waals surface area contributed by atoms with Gasteiger partial charge in [0, 0.05) is 4.47 Å². The van der Waals surface area contributed by atoms with Crippen LogP contribution in [-0.4, -0.2) is 0 Å². The quantitative estimate of drug-likeness (QED) is 0.685. The lowest BCUT2D eigenvalue weighted by atomic mass is 10.2. The molecule has 0 nitrogen and oxygen atoms in total. The third kappa shape index (κ3) is 2.03. The number of halogens is 3. The molecule has 11 heavy (non-hydrogen) atoms. The minimum absolute atomic E-state index is 0.157. The molecule has 0 spiro atoms. The molecule has 0 saturated heterocycles. The summed E-state index contributed by atoms with van der Waals surface area (Å²) in [7, 11) is 0. The van der Waals surface area contributed by atoms with Gasteiger partial charge in [0.05, 0.1) is 4.47 Å². The summed E-state index contributed by atoms with van der Waals surface area (Å²) in [6.45, 7) is 1.93. The van der Waals surface area contributed by atoms with Crippen LogP contribution in [0.15, 0.2) is 21.1 Å². The molecule has 0 aliphatic heterocycles. The highest BCUT2D eigenvalue weighted by atomic mass is 79.9. The zero-order valence-corrected chi connectivity index (χ0v) is 9.17. The third-order valence-electron chi connectivity index (χ3n) is 1.45. The molecule has 1 aromatic rings. The monoisotopic (exact) mass is 280 g/mol. The molecular weight excluding hydrogens is 275 g/mol. The van der Waals surface area contributed by atoms with E-state index in [1.165, 1.54) is 0 Å². The molecular formula is C8H7Br2F. The summed E-state index contributed by atoms with van der Waals surface area (Å²) in [5.41, 5.74) is 0.728. The van der Waals surface area contributed by atoms with Crippen LogP contribution in [0.3, 0.4) is 0 Å². The van der Waals surface area contributed by atoms with E-state index in [9.17, 15) is 4.39 Å². The molecule has 0 unspecified atom stereocenters. The van der Waals surface area contributed by atoms with Crippen molar-refractivity contribution >= 4 is 31.9 Å². The van der Waals surface area contributed by atoms with Crippen LogP contribution < -0.4 is 0 Å². The Morgan fingerprint density at radius 2 is 2.00 bits per heavy atom. The molecule has 3 heteroatoms. The van der Waals surface area contributed by atoms with Gasteiger partial charge in [-0.25, -0.2) is 4.39 Å². The Labute approximate surface area is 82.1 Å². The van der Waals surface area contributed by atoms with Crippen LogP contribution in [0.25, 0.3) is 0 Å². The van der Waals surface area contributed by atoms with Gasteiger partial charge in [0.1, 0.15) is 5.82 Å². The summed E-state index contributed by atoms with van der Waals surface area (Å²) in [6, 6.07) is 3.49. The largest absolute Gasteiger partial charge is 0.205 e. The zero-order valence-electron chi connectivity index (χ0n) is 6.00. The molecule has 1 aromatic carbocycles. The Hall–Kier alpha value is 0.110. The normalized spacial score (nSPS) is 10.2. The average molecular weight is 282 g/mol. The smallest absolute Gasteiger partial charge is 0.140 e. The van der Waals surface area contributed by atoms with Gasteiger partial charge in [-0.15, -0.1) is 0 Å². The molecule has 60 valence electrons. The highest BCUT2D eigenvalue weighted by molar-refractivity contribution is 9.11. The molecule has 1 rings (SSSR count). The van der Waals surface area contributed by atoms with Gasteiger partial charge in [0.2, 0.25) is 0 Å². The molecule has 0 aliphatic rings. The van der Waals surface area contributed by atoms with Gasteiger partial charge < -0.3 is 0 Å². The summed E-state index contributed by atoms with van der Waals surface area (Å²) >= 11 is 6.42. The lowest BCUT2D eigenvalue weighted by molar-refractivity contribution is 0.605. The van der Waals surface area contributed by atoms with Crippen molar-refractivity contribution in [1.29, 1.82) is 0 Å². The SMILES string of the molecule is CCc1cc(Br)cc(Br)c1F. The van der Waals surface area contributed by atoms with Gasteiger partial charge in [0.15, 0.2) is 0 Å². The van der Waals surface area contributed by atoms with Gasteiger partial charge in [-0.1, -0.05) is 22.9 Å². The van der Waals surface area contributed by atoms with Crippen LogP contribution in [0.5, 0.6) is 0 Å². The Balaban J connectivity index is 3.24. The predicted octanol–water partition coefficient (Wildman–Crippen LogP) is 3.91. The second kappa shape index (κ2) is 3.68. The van der Waals surface area contributed by atoms with E-state index in [4.69, 9.17) is 0 Å². The summed E-state index contributed by atoms with van der Waals surface area (Å²) < 4.78 is 14.5. The van der Waals surface area contributed by atoms with Crippen molar-refractivity contribution < 1.29 is 4.39 Å². The molecule has 0 radical (unpaired) electrons. The van der Waals surface area contributed by atoms with Crippen LogP contribution >= 0.6 is 31.9 Å². The highest BCUT2D eigenvalue weighted by Crippen LogP contribution is 2.24. The maximum atomic E-state index is 13.1. The van der Waals surface area contributed by atoms with Crippen molar-refractivity contribution in [1.82, 2.24) is 0 Å². The van der Waals surface area contributed by atoms with Crippen LogP contribution in [0.2, 0.25) is 0 Å². The van der Waals surface area contributed by atoms with E-state index in [1.54, 1.807) is 12.1 Å². The molecule has 0 aromatic heterocycles. The Morgan fingerprint density at radius 3 is 2.55 bits per heavy atom. The number of hydrogen-bond donors (Lipinski definition) is 0. The fraction of sp³-hybridized carbons (Fsp3) is 0.250. The first kappa shape index (κ1) is 9.20.